The average molecular weight is 270 g/mol. The summed E-state index contributed by atoms with van der Waals surface area (Å²) in [6.07, 6.45) is 0.130. The van der Waals surface area contributed by atoms with E-state index in [1.807, 2.05) is 0 Å². The highest BCUT2D eigenvalue weighted by Crippen LogP contribution is 2.23. The summed E-state index contributed by atoms with van der Waals surface area (Å²) in [5, 5.41) is 6.93. The number of carbonyl (C=O) groups excluding carboxylic acids is 1. The molecule has 0 saturated carbocycles. The van der Waals surface area contributed by atoms with E-state index in [0.717, 1.165) is 25.4 Å². The maximum atomic E-state index is 11.0. The Kier molecular flexibility index (Phi) is 4.41. The Morgan fingerprint density at radius 3 is 3.06 bits per heavy atom. The van der Waals surface area contributed by atoms with Crippen LogP contribution in [0.1, 0.15) is 10.4 Å². The van der Waals surface area contributed by atoms with E-state index in [1.165, 1.54) is 0 Å². The van der Waals surface area contributed by atoms with Crippen LogP contribution in [0.4, 0.5) is 5.69 Å². The number of halogens is 1. The molecule has 0 bridgehead atoms. The number of morpholine rings is 1. The molecule has 0 aliphatic carbocycles. The molecule has 2 rings (SSSR count). The van der Waals surface area contributed by atoms with Crippen molar-refractivity contribution in [2.45, 2.75) is 6.10 Å². The monoisotopic (exact) mass is 269 g/mol. The number of amides is 1. The molecule has 6 heteroatoms. The Bertz CT molecular complexity index is 433. The zero-order valence-electron chi connectivity index (χ0n) is 9.91. The third-order valence-electron chi connectivity index (χ3n) is 2.78. The highest BCUT2D eigenvalue weighted by Gasteiger charge is 2.13. The molecule has 1 aromatic rings. The molecule has 1 aromatic carbocycles. The molecular weight excluding hydrogens is 254 g/mol. The summed E-state index contributed by atoms with van der Waals surface area (Å²) in [6, 6.07) is 4.96. The number of benzene rings is 1. The number of rotatable bonds is 4. The molecule has 4 N–H and O–H groups in total. The molecule has 1 heterocycles. The van der Waals surface area contributed by atoms with Crippen molar-refractivity contribution in [2.75, 3.05) is 31.6 Å². The van der Waals surface area contributed by atoms with Gasteiger partial charge in [0.2, 0.25) is 5.91 Å². The van der Waals surface area contributed by atoms with Crippen molar-refractivity contribution in [1.82, 2.24) is 5.32 Å². The number of carbonyl (C=O) groups is 1. The number of hydrogen-bond acceptors (Lipinski definition) is 4. The minimum atomic E-state index is -0.483. The van der Waals surface area contributed by atoms with Gasteiger partial charge >= 0.3 is 0 Å². The van der Waals surface area contributed by atoms with E-state index < -0.39 is 5.91 Å². The molecule has 5 nitrogen and oxygen atoms in total. The first-order chi connectivity index (χ1) is 8.66. The van der Waals surface area contributed by atoms with E-state index in [0.29, 0.717) is 17.1 Å². The van der Waals surface area contributed by atoms with Crippen LogP contribution in [-0.4, -0.2) is 38.3 Å². The SMILES string of the molecule is NC(=O)c1ccc(NCC2CNCCO2)c(Cl)c1. The van der Waals surface area contributed by atoms with Crippen LogP contribution in [-0.2, 0) is 4.74 Å². The number of nitrogens with one attached hydrogen (secondary N) is 2. The lowest BCUT2D eigenvalue weighted by Gasteiger charge is -2.24. The van der Waals surface area contributed by atoms with Gasteiger partial charge in [0.15, 0.2) is 0 Å². The lowest BCUT2D eigenvalue weighted by molar-refractivity contribution is 0.0372. The van der Waals surface area contributed by atoms with Crippen molar-refractivity contribution in [1.29, 1.82) is 0 Å². The molecular formula is C12H16ClN3O2. The van der Waals surface area contributed by atoms with E-state index in [-0.39, 0.29) is 6.10 Å². The minimum Gasteiger partial charge on any atom is -0.381 e. The molecule has 0 spiro atoms. The molecule has 1 aliphatic rings. The highest BCUT2D eigenvalue weighted by atomic mass is 35.5. The zero-order valence-corrected chi connectivity index (χ0v) is 10.7. The Morgan fingerprint density at radius 1 is 1.61 bits per heavy atom. The van der Waals surface area contributed by atoms with Crippen molar-refractivity contribution >= 4 is 23.2 Å². The van der Waals surface area contributed by atoms with Crippen LogP contribution in [0.5, 0.6) is 0 Å². The van der Waals surface area contributed by atoms with Crippen LogP contribution >= 0.6 is 11.6 Å². The van der Waals surface area contributed by atoms with Crippen molar-refractivity contribution in [3.63, 3.8) is 0 Å². The van der Waals surface area contributed by atoms with E-state index in [1.54, 1.807) is 18.2 Å². The zero-order chi connectivity index (χ0) is 13.0. The predicted octanol–water partition coefficient (Wildman–Crippen LogP) is 0.839. The van der Waals surface area contributed by atoms with Crippen molar-refractivity contribution < 1.29 is 9.53 Å². The molecule has 18 heavy (non-hydrogen) atoms. The first-order valence-corrected chi connectivity index (χ1v) is 6.20. The van der Waals surface area contributed by atoms with E-state index in [4.69, 9.17) is 22.1 Å². The summed E-state index contributed by atoms with van der Waals surface area (Å²) in [7, 11) is 0. The number of nitrogens with two attached hydrogens (primary N) is 1. The van der Waals surface area contributed by atoms with Gasteiger partial charge in [-0.1, -0.05) is 11.6 Å². The Morgan fingerprint density at radius 2 is 2.44 bits per heavy atom. The minimum absolute atomic E-state index is 0.130. The van der Waals surface area contributed by atoms with E-state index in [2.05, 4.69) is 10.6 Å². The van der Waals surface area contributed by atoms with Crippen molar-refractivity contribution in [2.24, 2.45) is 5.73 Å². The van der Waals surface area contributed by atoms with Crippen LogP contribution < -0.4 is 16.4 Å². The fraction of sp³-hybridized carbons (Fsp3) is 0.417. The fourth-order valence-electron chi connectivity index (χ4n) is 1.79. The van der Waals surface area contributed by atoms with E-state index in [9.17, 15) is 4.79 Å². The predicted molar refractivity (Wildman–Crippen MR) is 71.1 cm³/mol. The number of primary amides is 1. The van der Waals surface area contributed by atoms with Gasteiger partial charge < -0.3 is 21.1 Å². The summed E-state index contributed by atoms with van der Waals surface area (Å²) in [4.78, 5) is 11.0. The van der Waals surface area contributed by atoms with Crippen LogP contribution in [0, 0.1) is 0 Å². The van der Waals surface area contributed by atoms with Gasteiger partial charge in [-0.3, -0.25) is 4.79 Å². The second-order valence-electron chi connectivity index (χ2n) is 4.14. The molecule has 1 amide bonds. The van der Waals surface area contributed by atoms with Gasteiger partial charge in [-0.2, -0.15) is 0 Å². The third-order valence-corrected chi connectivity index (χ3v) is 3.09. The molecule has 1 unspecified atom stereocenters. The highest BCUT2D eigenvalue weighted by molar-refractivity contribution is 6.33. The molecule has 0 aromatic heterocycles. The van der Waals surface area contributed by atoms with Crippen LogP contribution in [0.15, 0.2) is 18.2 Å². The normalized spacial score (nSPS) is 19.5. The first kappa shape index (κ1) is 13.1. The lowest BCUT2D eigenvalue weighted by Crippen LogP contribution is -2.42. The Balaban J connectivity index is 1.94. The van der Waals surface area contributed by atoms with Gasteiger partial charge in [0.1, 0.15) is 0 Å². The second kappa shape index (κ2) is 6.04. The van der Waals surface area contributed by atoms with E-state index >= 15 is 0 Å². The Labute approximate surface area is 111 Å². The smallest absolute Gasteiger partial charge is 0.248 e. The van der Waals surface area contributed by atoms with Gasteiger partial charge in [0.05, 0.1) is 23.4 Å². The molecule has 98 valence electrons. The van der Waals surface area contributed by atoms with Crippen LogP contribution in [0.3, 0.4) is 0 Å². The number of hydrogen-bond donors (Lipinski definition) is 3. The number of anilines is 1. The van der Waals surface area contributed by atoms with Crippen LogP contribution in [0.25, 0.3) is 0 Å². The topological polar surface area (TPSA) is 76.4 Å². The van der Waals surface area contributed by atoms with Crippen molar-refractivity contribution in [3.05, 3.63) is 28.8 Å². The largest absolute Gasteiger partial charge is 0.381 e. The third kappa shape index (κ3) is 3.35. The number of ether oxygens (including phenoxy) is 1. The standard InChI is InChI=1S/C12H16ClN3O2/c13-10-5-8(12(14)17)1-2-11(10)16-7-9-6-15-3-4-18-9/h1-2,5,9,15-16H,3-4,6-7H2,(H2,14,17). The van der Waals surface area contributed by atoms with Gasteiger partial charge in [0.25, 0.3) is 0 Å². The quantitative estimate of drug-likeness (QED) is 0.757. The summed E-state index contributed by atoms with van der Waals surface area (Å²) < 4.78 is 5.56. The molecule has 0 radical (unpaired) electrons. The van der Waals surface area contributed by atoms with Gasteiger partial charge in [-0.15, -0.1) is 0 Å². The molecule has 1 fully saturated rings. The second-order valence-corrected chi connectivity index (χ2v) is 4.54. The summed E-state index contributed by atoms with van der Waals surface area (Å²) >= 11 is 6.06. The maximum Gasteiger partial charge on any atom is 0.248 e. The first-order valence-electron chi connectivity index (χ1n) is 5.82. The summed E-state index contributed by atoms with van der Waals surface area (Å²) in [6.45, 7) is 3.11. The van der Waals surface area contributed by atoms with Crippen LogP contribution in [0.2, 0.25) is 5.02 Å². The fourth-order valence-corrected chi connectivity index (χ4v) is 2.03. The molecule has 1 aliphatic heterocycles. The van der Waals surface area contributed by atoms with Gasteiger partial charge in [-0.05, 0) is 18.2 Å². The lowest BCUT2D eigenvalue weighted by atomic mass is 10.2. The summed E-state index contributed by atoms with van der Waals surface area (Å²) in [5.41, 5.74) is 6.36. The maximum absolute atomic E-state index is 11.0. The molecule has 1 atom stereocenters. The Hall–Kier alpha value is -1.30. The average Bonchev–Trinajstić information content (AvgIpc) is 2.38. The van der Waals surface area contributed by atoms with Crippen molar-refractivity contribution in [3.8, 4) is 0 Å². The van der Waals surface area contributed by atoms with Gasteiger partial charge in [0, 0.05) is 25.2 Å². The van der Waals surface area contributed by atoms with Gasteiger partial charge in [-0.25, -0.2) is 0 Å². The summed E-state index contributed by atoms with van der Waals surface area (Å²) in [5.74, 6) is -0.483. The molecule has 1 saturated heterocycles.